The molecular weight excluding hydrogens is 284 g/mol. The van der Waals surface area contributed by atoms with Crippen LogP contribution in [-0.2, 0) is 28.7 Å². The Balaban J connectivity index is 1.92. The summed E-state index contributed by atoms with van der Waals surface area (Å²) in [5, 5.41) is 0. The van der Waals surface area contributed by atoms with Crippen LogP contribution in [0.2, 0.25) is 0 Å². The molecule has 1 aliphatic heterocycles. The summed E-state index contributed by atoms with van der Waals surface area (Å²) >= 11 is 0. The van der Waals surface area contributed by atoms with Crippen LogP contribution in [-0.4, -0.2) is 15.0 Å². The van der Waals surface area contributed by atoms with Crippen molar-refractivity contribution >= 4 is 15.7 Å². The van der Waals surface area contributed by atoms with Crippen LogP contribution in [0.1, 0.15) is 16.7 Å². The van der Waals surface area contributed by atoms with Crippen molar-refractivity contribution in [1.82, 2.24) is 0 Å². The lowest BCUT2D eigenvalue weighted by atomic mass is 10.1. The monoisotopic (exact) mass is 302 g/mol. The molecule has 0 aromatic heterocycles. The van der Waals surface area contributed by atoms with Crippen molar-refractivity contribution in [2.24, 2.45) is 5.73 Å². The van der Waals surface area contributed by atoms with Gasteiger partial charge in [-0.3, -0.25) is 4.31 Å². The molecule has 0 saturated carbocycles. The maximum absolute atomic E-state index is 12.7. The third-order valence-corrected chi connectivity index (χ3v) is 5.58. The fourth-order valence-corrected chi connectivity index (χ4v) is 4.45. The van der Waals surface area contributed by atoms with Gasteiger partial charge in [0.15, 0.2) is 0 Å². The molecule has 1 heterocycles. The van der Waals surface area contributed by atoms with Crippen LogP contribution in [0.4, 0.5) is 5.69 Å². The summed E-state index contributed by atoms with van der Waals surface area (Å²) in [6, 6.07) is 15.1. The number of benzene rings is 2. The quantitative estimate of drug-likeness (QED) is 0.940. The van der Waals surface area contributed by atoms with E-state index >= 15 is 0 Å². The largest absolute Gasteiger partial charge is 0.326 e. The third-order valence-electron chi connectivity index (χ3n) is 3.86. The molecule has 0 atom stereocenters. The topological polar surface area (TPSA) is 63.4 Å². The maximum atomic E-state index is 12.7. The Morgan fingerprint density at radius 3 is 2.43 bits per heavy atom. The molecule has 5 heteroatoms. The standard InChI is InChI=1S/C16H18N2O2S/c17-11-14-6-1-2-7-15(14)12-21(19,20)18-10-9-13-5-3-4-8-16(13)18/h1-8H,9-12,17H2. The number of hydrogen-bond acceptors (Lipinski definition) is 3. The fourth-order valence-electron chi connectivity index (χ4n) is 2.77. The van der Waals surface area contributed by atoms with Gasteiger partial charge in [0.1, 0.15) is 0 Å². The third kappa shape index (κ3) is 2.66. The highest BCUT2D eigenvalue weighted by atomic mass is 32.2. The Kier molecular flexibility index (Phi) is 3.69. The molecule has 2 aromatic carbocycles. The number of sulfonamides is 1. The van der Waals surface area contributed by atoms with E-state index in [0.29, 0.717) is 13.1 Å². The van der Waals surface area contributed by atoms with E-state index in [4.69, 9.17) is 5.73 Å². The summed E-state index contributed by atoms with van der Waals surface area (Å²) < 4.78 is 27.0. The molecule has 0 saturated heterocycles. The number of nitrogens with two attached hydrogens (primary N) is 1. The van der Waals surface area contributed by atoms with E-state index < -0.39 is 10.0 Å². The van der Waals surface area contributed by atoms with Crippen molar-refractivity contribution in [3.63, 3.8) is 0 Å². The van der Waals surface area contributed by atoms with Crippen molar-refractivity contribution in [1.29, 1.82) is 0 Å². The first kappa shape index (κ1) is 14.1. The van der Waals surface area contributed by atoms with E-state index in [-0.39, 0.29) is 5.75 Å². The average molecular weight is 302 g/mol. The van der Waals surface area contributed by atoms with Gasteiger partial charge in [-0.05, 0) is 29.2 Å². The molecule has 0 fully saturated rings. The normalized spacial score (nSPS) is 14.2. The number of nitrogens with zero attached hydrogens (tertiary/aromatic N) is 1. The Morgan fingerprint density at radius 2 is 1.67 bits per heavy atom. The molecule has 0 amide bonds. The van der Waals surface area contributed by atoms with Crippen molar-refractivity contribution in [2.75, 3.05) is 10.8 Å². The number of anilines is 1. The molecule has 3 rings (SSSR count). The zero-order valence-electron chi connectivity index (χ0n) is 11.7. The van der Waals surface area contributed by atoms with Crippen molar-refractivity contribution < 1.29 is 8.42 Å². The summed E-state index contributed by atoms with van der Waals surface area (Å²) in [6.45, 7) is 0.870. The fraction of sp³-hybridized carbons (Fsp3) is 0.250. The molecule has 0 unspecified atom stereocenters. The Bertz CT molecular complexity index is 756. The van der Waals surface area contributed by atoms with E-state index in [2.05, 4.69) is 0 Å². The van der Waals surface area contributed by atoms with Crippen LogP contribution in [0.15, 0.2) is 48.5 Å². The van der Waals surface area contributed by atoms with Crippen LogP contribution in [0.5, 0.6) is 0 Å². The predicted octanol–water partition coefficient (Wildman–Crippen LogP) is 2.04. The number of rotatable bonds is 4. The minimum atomic E-state index is -3.38. The second-order valence-electron chi connectivity index (χ2n) is 5.18. The first-order valence-corrected chi connectivity index (χ1v) is 8.58. The highest BCUT2D eigenvalue weighted by Crippen LogP contribution is 2.31. The molecule has 2 aromatic rings. The van der Waals surface area contributed by atoms with Gasteiger partial charge in [0.2, 0.25) is 10.0 Å². The van der Waals surface area contributed by atoms with Gasteiger partial charge in [-0.15, -0.1) is 0 Å². The lowest BCUT2D eigenvalue weighted by molar-refractivity contribution is 0.591. The Hall–Kier alpha value is -1.85. The first-order chi connectivity index (χ1) is 10.1. The van der Waals surface area contributed by atoms with Gasteiger partial charge in [0, 0.05) is 13.1 Å². The molecule has 2 N–H and O–H groups in total. The van der Waals surface area contributed by atoms with Crippen molar-refractivity contribution in [3.8, 4) is 0 Å². The second-order valence-corrected chi connectivity index (χ2v) is 7.07. The lowest BCUT2D eigenvalue weighted by Crippen LogP contribution is -2.30. The smallest absolute Gasteiger partial charge is 0.239 e. The van der Waals surface area contributed by atoms with Crippen molar-refractivity contribution in [3.05, 3.63) is 65.2 Å². The van der Waals surface area contributed by atoms with Crippen LogP contribution in [0.3, 0.4) is 0 Å². The number of fused-ring (bicyclic) bond motifs is 1. The van der Waals surface area contributed by atoms with Gasteiger partial charge in [-0.1, -0.05) is 42.5 Å². The Labute approximate surface area is 125 Å². The highest BCUT2D eigenvalue weighted by Gasteiger charge is 2.29. The second kappa shape index (κ2) is 5.50. The van der Waals surface area contributed by atoms with Crippen LogP contribution in [0.25, 0.3) is 0 Å². The van der Waals surface area contributed by atoms with Crippen LogP contribution < -0.4 is 10.0 Å². The molecule has 4 nitrogen and oxygen atoms in total. The molecular formula is C16H18N2O2S. The lowest BCUT2D eigenvalue weighted by Gasteiger charge is -2.20. The van der Waals surface area contributed by atoms with Crippen LogP contribution >= 0.6 is 0 Å². The summed E-state index contributed by atoms with van der Waals surface area (Å²) in [5.41, 5.74) is 9.25. The molecule has 110 valence electrons. The summed E-state index contributed by atoms with van der Waals surface area (Å²) in [6.07, 6.45) is 0.772. The minimum Gasteiger partial charge on any atom is -0.326 e. The van der Waals surface area contributed by atoms with Gasteiger partial charge < -0.3 is 5.73 Å². The van der Waals surface area contributed by atoms with E-state index in [1.54, 1.807) is 0 Å². The van der Waals surface area contributed by atoms with Gasteiger partial charge in [0.25, 0.3) is 0 Å². The van der Waals surface area contributed by atoms with E-state index in [0.717, 1.165) is 28.8 Å². The average Bonchev–Trinajstić information content (AvgIpc) is 2.92. The maximum Gasteiger partial charge on any atom is 0.239 e. The van der Waals surface area contributed by atoms with Gasteiger partial charge >= 0.3 is 0 Å². The van der Waals surface area contributed by atoms with Gasteiger partial charge in [-0.2, -0.15) is 0 Å². The minimum absolute atomic E-state index is 0.00525. The number of para-hydroxylation sites is 1. The van der Waals surface area contributed by atoms with Crippen molar-refractivity contribution in [2.45, 2.75) is 18.7 Å². The van der Waals surface area contributed by atoms with E-state index in [1.165, 1.54) is 4.31 Å². The van der Waals surface area contributed by atoms with E-state index in [9.17, 15) is 8.42 Å². The summed E-state index contributed by atoms with van der Waals surface area (Å²) in [5.74, 6) is -0.00525. The molecule has 21 heavy (non-hydrogen) atoms. The van der Waals surface area contributed by atoms with Gasteiger partial charge in [-0.25, -0.2) is 8.42 Å². The molecule has 1 aliphatic rings. The van der Waals surface area contributed by atoms with E-state index in [1.807, 2.05) is 48.5 Å². The molecule has 0 spiro atoms. The SMILES string of the molecule is NCc1ccccc1CS(=O)(=O)N1CCc2ccccc21. The number of hydrogen-bond donors (Lipinski definition) is 1. The molecule has 0 bridgehead atoms. The predicted molar refractivity (Wildman–Crippen MR) is 84.4 cm³/mol. The first-order valence-electron chi connectivity index (χ1n) is 6.97. The van der Waals surface area contributed by atoms with Crippen LogP contribution in [0, 0.1) is 0 Å². The summed E-state index contributed by atoms with van der Waals surface area (Å²) in [4.78, 5) is 0. The molecule has 0 aliphatic carbocycles. The zero-order chi connectivity index (χ0) is 14.9. The Morgan fingerprint density at radius 1 is 1.00 bits per heavy atom. The highest BCUT2D eigenvalue weighted by molar-refractivity contribution is 7.92. The molecule has 0 radical (unpaired) electrons. The van der Waals surface area contributed by atoms with Gasteiger partial charge in [0.05, 0.1) is 11.4 Å². The zero-order valence-corrected chi connectivity index (χ0v) is 12.5. The summed E-state index contributed by atoms with van der Waals surface area (Å²) in [7, 11) is -3.38.